The lowest BCUT2D eigenvalue weighted by molar-refractivity contribution is 0.0895. The summed E-state index contributed by atoms with van der Waals surface area (Å²) in [7, 11) is 0. The van der Waals surface area contributed by atoms with Gasteiger partial charge in [0.2, 0.25) is 0 Å². The summed E-state index contributed by atoms with van der Waals surface area (Å²) >= 11 is 0. The van der Waals surface area contributed by atoms with Crippen LogP contribution in [0.1, 0.15) is 37.7 Å². The molecule has 1 saturated heterocycles. The highest BCUT2D eigenvalue weighted by Crippen LogP contribution is 2.24. The van der Waals surface area contributed by atoms with Crippen molar-refractivity contribution in [2.45, 2.75) is 27.2 Å². The molecule has 0 spiro atoms. The largest absolute Gasteiger partial charge is 0.302 e. The predicted octanol–water partition coefficient (Wildman–Crippen LogP) is 3.02. The van der Waals surface area contributed by atoms with Crippen LogP contribution in [0.15, 0.2) is 18.3 Å². The molecule has 2 heterocycles. The maximum absolute atomic E-state index is 12.8. The van der Waals surface area contributed by atoms with Crippen LogP contribution in [0, 0.1) is 23.6 Å². The molecule has 2 rings (SSSR count). The van der Waals surface area contributed by atoms with E-state index in [1.54, 1.807) is 0 Å². The number of Topliss-reactive ketones (excluding diaryl/α,β-unsaturated/α-hetero) is 1. The number of carbonyl (C=O) groups excluding carboxylic acids is 1. The van der Waals surface area contributed by atoms with Crippen molar-refractivity contribution in [1.29, 1.82) is 0 Å². The van der Waals surface area contributed by atoms with E-state index in [1.807, 2.05) is 6.92 Å². The van der Waals surface area contributed by atoms with Crippen LogP contribution in [-0.2, 0) is 0 Å². The van der Waals surface area contributed by atoms with E-state index in [-0.39, 0.29) is 11.7 Å². The van der Waals surface area contributed by atoms with Gasteiger partial charge in [-0.25, -0.2) is 4.39 Å². The van der Waals surface area contributed by atoms with E-state index >= 15 is 0 Å². The second kappa shape index (κ2) is 6.44. The molecule has 0 N–H and O–H groups in total. The Morgan fingerprint density at radius 2 is 2.20 bits per heavy atom. The first-order chi connectivity index (χ1) is 9.47. The van der Waals surface area contributed by atoms with Crippen molar-refractivity contribution in [3.05, 3.63) is 29.8 Å². The smallest absolute Gasteiger partial charge is 0.185 e. The Hall–Kier alpha value is -1.29. The van der Waals surface area contributed by atoms with Gasteiger partial charge in [-0.1, -0.05) is 20.8 Å². The summed E-state index contributed by atoms with van der Waals surface area (Å²) in [5, 5.41) is 0. The van der Waals surface area contributed by atoms with Gasteiger partial charge in [0.15, 0.2) is 5.78 Å². The molecule has 1 aliphatic heterocycles. The lowest BCUT2D eigenvalue weighted by atomic mass is 9.95. The number of hydrogen-bond donors (Lipinski definition) is 0. The molecule has 2 atom stereocenters. The normalized spacial score (nSPS) is 21.4. The van der Waals surface area contributed by atoms with Gasteiger partial charge in [-0.15, -0.1) is 0 Å². The van der Waals surface area contributed by atoms with Crippen molar-refractivity contribution in [3.63, 3.8) is 0 Å². The number of aromatic nitrogens is 1. The highest BCUT2D eigenvalue weighted by molar-refractivity contribution is 5.95. The Kier molecular flexibility index (Phi) is 4.86. The molecule has 1 aromatic rings. The summed E-state index contributed by atoms with van der Waals surface area (Å²) < 4.78 is 12.8. The topological polar surface area (TPSA) is 33.2 Å². The summed E-state index contributed by atoms with van der Waals surface area (Å²) in [6.45, 7) is 9.34. The number of carbonyl (C=O) groups is 1. The third-order valence-corrected chi connectivity index (χ3v) is 4.21. The van der Waals surface area contributed by atoms with Crippen LogP contribution in [0.25, 0.3) is 0 Å². The van der Waals surface area contributed by atoms with Crippen molar-refractivity contribution < 1.29 is 9.18 Å². The molecule has 1 fully saturated rings. The molecule has 0 saturated carbocycles. The first-order valence-electron chi connectivity index (χ1n) is 7.35. The van der Waals surface area contributed by atoms with Crippen LogP contribution in [0.5, 0.6) is 0 Å². The van der Waals surface area contributed by atoms with E-state index in [0.29, 0.717) is 11.6 Å². The van der Waals surface area contributed by atoms with Gasteiger partial charge in [-0.05, 0) is 36.9 Å². The summed E-state index contributed by atoms with van der Waals surface area (Å²) in [5.74, 6) is 0.927. The Labute approximate surface area is 120 Å². The van der Waals surface area contributed by atoms with Gasteiger partial charge < -0.3 is 4.90 Å². The SMILES string of the molecule is CC(CN1CCC(C(C)C)C1)C(=O)c1ccc(F)cn1. The Morgan fingerprint density at radius 1 is 1.45 bits per heavy atom. The lowest BCUT2D eigenvalue weighted by Crippen LogP contribution is -2.31. The lowest BCUT2D eigenvalue weighted by Gasteiger charge is -2.21. The average molecular weight is 278 g/mol. The number of ketones is 1. The third-order valence-electron chi connectivity index (χ3n) is 4.21. The van der Waals surface area contributed by atoms with Crippen LogP contribution in [-0.4, -0.2) is 35.3 Å². The van der Waals surface area contributed by atoms with E-state index in [1.165, 1.54) is 18.6 Å². The highest BCUT2D eigenvalue weighted by atomic mass is 19.1. The Bertz CT molecular complexity index is 458. The zero-order chi connectivity index (χ0) is 14.7. The highest BCUT2D eigenvalue weighted by Gasteiger charge is 2.27. The fourth-order valence-electron chi connectivity index (χ4n) is 2.82. The molecule has 1 aliphatic rings. The number of halogens is 1. The summed E-state index contributed by atoms with van der Waals surface area (Å²) in [4.78, 5) is 18.5. The van der Waals surface area contributed by atoms with Crippen molar-refractivity contribution in [3.8, 4) is 0 Å². The molecule has 2 unspecified atom stereocenters. The summed E-state index contributed by atoms with van der Waals surface area (Å²) in [6, 6.07) is 2.76. The first-order valence-corrected chi connectivity index (χ1v) is 7.35. The summed E-state index contributed by atoms with van der Waals surface area (Å²) in [5.41, 5.74) is 0.360. The minimum atomic E-state index is -0.409. The third kappa shape index (κ3) is 3.63. The van der Waals surface area contributed by atoms with Gasteiger partial charge in [-0.3, -0.25) is 9.78 Å². The molecule has 0 amide bonds. The molecule has 1 aromatic heterocycles. The molecule has 110 valence electrons. The fraction of sp³-hybridized carbons (Fsp3) is 0.625. The van der Waals surface area contributed by atoms with Crippen LogP contribution in [0.4, 0.5) is 4.39 Å². The molecule has 0 aromatic carbocycles. The van der Waals surface area contributed by atoms with Gasteiger partial charge in [0.05, 0.1) is 6.20 Å². The van der Waals surface area contributed by atoms with Gasteiger partial charge in [0.1, 0.15) is 11.5 Å². The second-order valence-electron chi connectivity index (χ2n) is 6.18. The van der Waals surface area contributed by atoms with Crippen molar-refractivity contribution in [2.75, 3.05) is 19.6 Å². The van der Waals surface area contributed by atoms with Gasteiger partial charge in [0, 0.05) is 19.0 Å². The van der Waals surface area contributed by atoms with Gasteiger partial charge >= 0.3 is 0 Å². The van der Waals surface area contributed by atoms with Gasteiger partial charge in [0.25, 0.3) is 0 Å². The Morgan fingerprint density at radius 3 is 2.75 bits per heavy atom. The maximum Gasteiger partial charge on any atom is 0.185 e. The quantitative estimate of drug-likeness (QED) is 0.776. The molecule has 20 heavy (non-hydrogen) atoms. The van der Waals surface area contributed by atoms with Crippen LogP contribution in [0.2, 0.25) is 0 Å². The minimum absolute atomic E-state index is 0.00185. The van der Waals surface area contributed by atoms with Crippen molar-refractivity contribution >= 4 is 5.78 Å². The summed E-state index contributed by atoms with van der Waals surface area (Å²) in [6.07, 6.45) is 2.32. The van der Waals surface area contributed by atoms with Crippen LogP contribution >= 0.6 is 0 Å². The number of pyridine rings is 1. The molecule has 3 nitrogen and oxygen atoms in total. The maximum atomic E-state index is 12.8. The van der Waals surface area contributed by atoms with Crippen molar-refractivity contribution in [1.82, 2.24) is 9.88 Å². The molecule has 0 bridgehead atoms. The number of rotatable bonds is 5. The molecule has 4 heteroatoms. The number of likely N-dealkylation sites (tertiary alicyclic amines) is 1. The monoisotopic (exact) mass is 278 g/mol. The standard InChI is InChI=1S/C16H23FN2O/c1-11(2)13-6-7-19(10-13)9-12(3)16(20)15-5-4-14(17)8-18-15/h4-5,8,11-13H,6-7,9-10H2,1-3H3. The molecule has 0 radical (unpaired) electrons. The predicted molar refractivity (Wildman–Crippen MR) is 77.1 cm³/mol. The van der Waals surface area contributed by atoms with E-state index in [4.69, 9.17) is 0 Å². The number of nitrogens with zero attached hydrogens (tertiary/aromatic N) is 2. The van der Waals surface area contributed by atoms with Crippen molar-refractivity contribution in [2.24, 2.45) is 17.8 Å². The van der Waals surface area contributed by atoms with E-state index in [2.05, 4.69) is 23.7 Å². The van der Waals surface area contributed by atoms with Gasteiger partial charge in [-0.2, -0.15) is 0 Å². The number of hydrogen-bond acceptors (Lipinski definition) is 3. The van der Waals surface area contributed by atoms with E-state index in [0.717, 1.165) is 31.7 Å². The first kappa shape index (κ1) is 15.1. The zero-order valence-corrected chi connectivity index (χ0v) is 12.5. The Balaban J connectivity index is 1.90. The average Bonchev–Trinajstić information content (AvgIpc) is 2.87. The van der Waals surface area contributed by atoms with E-state index < -0.39 is 5.82 Å². The minimum Gasteiger partial charge on any atom is -0.302 e. The second-order valence-corrected chi connectivity index (χ2v) is 6.18. The molecular weight excluding hydrogens is 255 g/mol. The molecular formula is C16H23FN2O. The molecule has 0 aliphatic carbocycles. The van der Waals surface area contributed by atoms with Crippen LogP contribution in [0.3, 0.4) is 0 Å². The fourth-order valence-corrected chi connectivity index (χ4v) is 2.82. The van der Waals surface area contributed by atoms with Crippen LogP contribution < -0.4 is 0 Å². The van der Waals surface area contributed by atoms with E-state index in [9.17, 15) is 9.18 Å². The zero-order valence-electron chi connectivity index (χ0n) is 12.5.